The number of carbonyl (C=O) groups is 2. The van der Waals surface area contributed by atoms with Crippen LogP contribution in [0, 0.1) is 35.4 Å². The number of hydrogen-bond acceptors (Lipinski definition) is 3. The summed E-state index contributed by atoms with van der Waals surface area (Å²) in [5.74, 6) is 2.36. The van der Waals surface area contributed by atoms with Crippen LogP contribution in [0.4, 0.5) is 9.18 Å². The maximum Gasteiger partial charge on any atom is 0.317 e. The minimum Gasteiger partial charge on any atom is -0.466 e. The quantitative estimate of drug-likeness (QED) is 0.586. The van der Waals surface area contributed by atoms with Crippen molar-refractivity contribution in [3.8, 4) is 0 Å². The van der Waals surface area contributed by atoms with Gasteiger partial charge >= 0.3 is 12.0 Å². The molecule has 1 saturated heterocycles. The molecule has 5 aliphatic carbocycles. The summed E-state index contributed by atoms with van der Waals surface area (Å²) >= 11 is 0. The summed E-state index contributed by atoms with van der Waals surface area (Å²) in [4.78, 5) is 27.8. The minimum atomic E-state index is -0.314. The third-order valence-electron chi connectivity index (χ3n) is 10.4. The average molecular weight is 483 g/mol. The Bertz CT molecular complexity index is 974. The summed E-state index contributed by atoms with van der Waals surface area (Å²) in [6.07, 6.45) is 8.79. The molecular formula is C29H39FN2O3. The average Bonchev–Trinajstić information content (AvgIpc) is 3.16. The molecule has 1 N–H and O–H groups in total. The van der Waals surface area contributed by atoms with E-state index in [-0.39, 0.29) is 35.1 Å². The number of nitrogens with one attached hydrogen (secondary N) is 1. The van der Waals surface area contributed by atoms with Gasteiger partial charge in [0.05, 0.1) is 12.5 Å². The summed E-state index contributed by atoms with van der Waals surface area (Å²) in [6.45, 7) is 5.34. The number of nitrogens with zero attached hydrogens (tertiary/aromatic N) is 1. The van der Waals surface area contributed by atoms with Crippen molar-refractivity contribution in [2.24, 2.45) is 29.6 Å². The van der Waals surface area contributed by atoms with Gasteiger partial charge in [0.15, 0.2) is 0 Å². The summed E-state index contributed by atoms with van der Waals surface area (Å²) in [6, 6.07) is 5.69. The molecule has 1 aromatic rings. The van der Waals surface area contributed by atoms with Gasteiger partial charge in [-0.3, -0.25) is 4.79 Å². The lowest BCUT2D eigenvalue weighted by molar-refractivity contribution is -0.148. The normalized spacial score (nSPS) is 35.1. The number of rotatable bonds is 4. The first kappa shape index (κ1) is 23.3. The van der Waals surface area contributed by atoms with Crippen LogP contribution in [-0.4, -0.2) is 42.6 Å². The third kappa shape index (κ3) is 3.86. The van der Waals surface area contributed by atoms with E-state index in [1.807, 2.05) is 24.8 Å². The van der Waals surface area contributed by atoms with Gasteiger partial charge in [0.2, 0.25) is 0 Å². The van der Waals surface area contributed by atoms with Crippen molar-refractivity contribution >= 4 is 12.0 Å². The Balaban J connectivity index is 1.15. The number of carbonyl (C=O) groups excluding carboxylic acids is 2. The van der Waals surface area contributed by atoms with Crippen LogP contribution in [0.5, 0.6) is 0 Å². The van der Waals surface area contributed by atoms with Crippen molar-refractivity contribution in [2.75, 3.05) is 19.7 Å². The molecule has 0 aromatic heterocycles. The van der Waals surface area contributed by atoms with Gasteiger partial charge in [0.25, 0.3) is 0 Å². The Labute approximate surface area is 208 Å². The van der Waals surface area contributed by atoms with E-state index >= 15 is 4.39 Å². The van der Waals surface area contributed by atoms with Crippen LogP contribution in [0.15, 0.2) is 18.2 Å². The largest absolute Gasteiger partial charge is 0.466 e. The van der Waals surface area contributed by atoms with Crippen molar-refractivity contribution in [1.29, 1.82) is 0 Å². The number of amides is 2. The molecule has 0 radical (unpaired) electrons. The van der Waals surface area contributed by atoms with E-state index in [1.54, 1.807) is 12.1 Å². The number of halogens is 1. The number of ether oxygens (including phenoxy) is 1. The number of urea groups is 1. The zero-order valence-electron chi connectivity index (χ0n) is 21.1. The molecule has 6 aliphatic rings. The molecule has 1 heterocycles. The first-order chi connectivity index (χ1) is 16.9. The molecule has 2 amide bonds. The van der Waals surface area contributed by atoms with E-state index < -0.39 is 0 Å². The molecule has 5 nitrogen and oxygen atoms in total. The Morgan fingerprint density at radius 1 is 1.11 bits per heavy atom. The van der Waals surface area contributed by atoms with Crippen LogP contribution in [0.25, 0.3) is 0 Å². The second-order valence-corrected chi connectivity index (χ2v) is 12.2. The number of benzene rings is 1. The lowest BCUT2D eigenvalue weighted by Gasteiger charge is -2.54. The third-order valence-corrected chi connectivity index (χ3v) is 10.4. The van der Waals surface area contributed by atoms with Crippen molar-refractivity contribution in [3.63, 3.8) is 0 Å². The van der Waals surface area contributed by atoms with Crippen LogP contribution >= 0.6 is 0 Å². The fourth-order valence-corrected chi connectivity index (χ4v) is 8.91. The summed E-state index contributed by atoms with van der Waals surface area (Å²) in [5, 5.41) is 3.45. The predicted molar refractivity (Wildman–Crippen MR) is 131 cm³/mol. The number of piperidine rings is 1. The highest BCUT2D eigenvalue weighted by Gasteiger charge is 2.51. The highest BCUT2D eigenvalue weighted by atomic mass is 19.1. The fraction of sp³-hybridized carbons (Fsp3) is 0.724. The highest BCUT2D eigenvalue weighted by Crippen LogP contribution is 2.56. The van der Waals surface area contributed by atoms with Gasteiger partial charge < -0.3 is 15.0 Å². The molecule has 4 bridgehead atoms. The number of esters is 1. The van der Waals surface area contributed by atoms with Crippen LogP contribution < -0.4 is 5.32 Å². The van der Waals surface area contributed by atoms with E-state index in [9.17, 15) is 9.59 Å². The molecule has 5 fully saturated rings. The molecule has 2 unspecified atom stereocenters. The molecule has 4 saturated carbocycles. The fourth-order valence-electron chi connectivity index (χ4n) is 8.91. The molecule has 190 valence electrons. The molecule has 6 heteroatoms. The Kier molecular flexibility index (Phi) is 5.84. The van der Waals surface area contributed by atoms with E-state index in [4.69, 9.17) is 4.74 Å². The van der Waals surface area contributed by atoms with E-state index in [2.05, 4.69) is 5.32 Å². The maximum atomic E-state index is 15.2. The van der Waals surface area contributed by atoms with Crippen molar-refractivity contribution in [2.45, 2.75) is 82.6 Å². The van der Waals surface area contributed by atoms with Gasteiger partial charge in [0, 0.05) is 24.5 Å². The Hall–Kier alpha value is -2.11. The summed E-state index contributed by atoms with van der Waals surface area (Å²) < 4.78 is 20.5. The monoisotopic (exact) mass is 482 g/mol. The van der Waals surface area contributed by atoms with Gasteiger partial charge in [-0.15, -0.1) is 0 Å². The predicted octanol–water partition coefficient (Wildman–Crippen LogP) is 5.38. The van der Waals surface area contributed by atoms with Crippen molar-refractivity contribution < 1.29 is 18.7 Å². The second-order valence-electron chi connectivity index (χ2n) is 12.2. The maximum absolute atomic E-state index is 15.2. The lowest BCUT2D eigenvalue weighted by Crippen LogP contribution is -2.59. The van der Waals surface area contributed by atoms with Crippen LogP contribution in [-0.2, 0) is 14.9 Å². The van der Waals surface area contributed by atoms with Gasteiger partial charge in [-0.2, -0.15) is 0 Å². The zero-order chi connectivity index (χ0) is 24.3. The van der Waals surface area contributed by atoms with Gasteiger partial charge in [-0.1, -0.05) is 19.1 Å². The van der Waals surface area contributed by atoms with Gasteiger partial charge in [-0.25, -0.2) is 9.18 Å². The molecule has 1 spiro atoms. The summed E-state index contributed by atoms with van der Waals surface area (Å²) in [7, 11) is 0. The second kappa shape index (κ2) is 8.77. The molecule has 1 aromatic carbocycles. The van der Waals surface area contributed by atoms with Gasteiger partial charge in [0.1, 0.15) is 5.82 Å². The van der Waals surface area contributed by atoms with E-state index in [0.717, 1.165) is 42.2 Å². The topological polar surface area (TPSA) is 58.6 Å². The first-order valence-corrected chi connectivity index (χ1v) is 13.9. The lowest BCUT2D eigenvalue weighted by atomic mass is 9.54. The van der Waals surface area contributed by atoms with Crippen molar-refractivity contribution in [1.82, 2.24) is 10.2 Å². The number of fused-ring (bicyclic) bond motifs is 2. The van der Waals surface area contributed by atoms with Crippen LogP contribution in [0.3, 0.4) is 0 Å². The standard InChI is InChI=1S/C29H39FN2O3/c1-3-35-27(33)17(2)23-16-29(25-22(23)5-4-6-24(25)30)7-9-32(10-8-29)28(34)31-26-20-12-18-11-19(14-20)15-21(26)13-18/h4-6,17-21,23,26H,3,7-16H2,1-2H3,(H,31,34). The number of hydrogen-bond donors (Lipinski definition) is 1. The van der Waals surface area contributed by atoms with Crippen LogP contribution in [0.2, 0.25) is 0 Å². The Morgan fingerprint density at radius 2 is 1.77 bits per heavy atom. The minimum absolute atomic E-state index is 0.0480. The van der Waals surface area contributed by atoms with E-state index in [0.29, 0.717) is 37.6 Å². The van der Waals surface area contributed by atoms with E-state index in [1.165, 1.54) is 32.1 Å². The Morgan fingerprint density at radius 3 is 2.40 bits per heavy atom. The molecule has 2 atom stereocenters. The highest BCUT2D eigenvalue weighted by molar-refractivity contribution is 5.75. The molecule has 1 aliphatic heterocycles. The SMILES string of the molecule is CCOC(=O)C(C)C1CC2(CCN(C(=O)NC3C4CC5CC(C4)CC3C5)CC2)c2c(F)cccc21. The number of likely N-dealkylation sites (tertiary alicyclic amines) is 1. The molecule has 35 heavy (non-hydrogen) atoms. The smallest absolute Gasteiger partial charge is 0.317 e. The molecule has 7 rings (SSSR count). The summed E-state index contributed by atoms with van der Waals surface area (Å²) in [5.41, 5.74) is 1.42. The first-order valence-electron chi connectivity index (χ1n) is 13.9. The molecular weight excluding hydrogens is 443 g/mol. The van der Waals surface area contributed by atoms with Crippen molar-refractivity contribution in [3.05, 3.63) is 35.1 Å². The van der Waals surface area contributed by atoms with Crippen LogP contribution in [0.1, 0.15) is 82.3 Å². The van der Waals surface area contributed by atoms with Gasteiger partial charge in [-0.05, 0) is 105 Å². The zero-order valence-corrected chi connectivity index (χ0v) is 21.1.